The molecule has 2 aromatic carbocycles. The van der Waals surface area contributed by atoms with Crippen LogP contribution >= 0.6 is 0 Å². The molecule has 0 amide bonds. The number of hydrogen-bond donors (Lipinski definition) is 1. The van der Waals surface area contributed by atoms with E-state index < -0.39 is 0 Å². The fourth-order valence-corrected chi connectivity index (χ4v) is 5.83. The van der Waals surface area contributed by atoms with Gasteiger partial charge in [0.05, 0.1) is 38.4 Å². The van der Waals surface area contributed by atoms with Gasteiger partial charge in [-0.2, -0.15) is 0 Å². The second-order valence-corrected chi connectivity index (χ2v) is 10.6. The monoisotopic (exact) mass is 534 g/mol. The molecule has 1 fully saturated rings. The third kappa shape index (κ3) is 6.93. The summed E-state index contributed by atoms with van der Waals surface area (Å²) in [5.74, 6) is 2.12. The molecule has 0 unspecified atom stereocenters. The van der Waals surface area contributed by atoms with Gasteiger partial charge in [-0.05, 0) is 61.6 Å². The van der Waals surface area contributed by atoms with Gasteiger partial charge in [-0.1, -0.05) is 18.2 Å². The highest BCUT2D eigenvalue weighted by atomic mass is 16.5. The zero-order chi connectivity index (χ0) is 27.0. The van der Waals surface area contributed by atoms with Gasteiger partial charge < -0.3 is 33.7 Å². The highest BCUT2D eigenvalue weighted by Gasteiger charge is 2.33. The topological polar surface area (TPSA) is 70.0 Å². The third-order valence-electron chi connectivity index (χ3n) is 8.02. The van der Waals surface area contributed by atoms with E-state index in [9.17, 15) is 0 Å². The molecule has 4 atom stereocenters. The molecule has 1 N–H and O–H groups in total. The third-order valence-corrected chi connectivity index (χ3v) is 8.02. The first kappa shape index (κ1) is 27.5. The van der Waals surface area contributed by atoms with Crippen molar-refractivity contribution < 1.29 is 18.9 Å². The largest absolute Gasteiger partial charge is 0.497 e. The van der Waals surface area contributed by atoms with Gasteiger partial charge in [0.25, 0.3) is 0 Å². The number of ether oxygens (including phenoxy) is 4. The van der Waals surface area contributed by atoms with Crippen LogP contribution in [0.2, 0.25) is 0 Å². The molecule has 2 aliphatic rings. The number of anilines is 1. The molecular weight excluding hydrogens is 492 g/mol. The van der Waals surface area contributed by atoms with Gasteiger partial charge in [-0.15, -0.1) is 0 Å². The fraction of sp³-hybridized carbons (Fsp3) is 0.516. The molecule has 0 saturated carbocycles. The molecule has 5 rings (SSSR count). The Labute approximate surface area is 232 Å². The maximum absolute atomic E-state index is 6.65. The zero-order valence-corrected chi connectivity index (χ0v) is 23.4. The molecule has 0 radical (unpaired) electrons. The second kappa shape index (κ2) is 13.3. The Morgan fingerprint density at radius 1 is 1.15 bits per heavy atom. The van der Waals surface area contributed by atoms with Crippen molar-refractivity contribution in [3.63, 3.8) is 0 Å². The van der Waals surface area contributed by atoms with Crippen molar-refractivity contribution in [3.05, 3.63) is 72.3 Å². The van der Waals surface area contributed by atoms with Gasteiger partial charge in [0.1, 0.15) is 18.1 Å². The number of methoxy groups -OCH3 is 2. The Morgan fingerprint density at radius 3 is 2.79 bits per heavy atom. The van der Waals surface area contributed by atoms with Crippen LogP contribution in [0.15, 0.2) is 61.2 Å². The van der Waals surface area contributed by atoms with Crippen molar-refractivity contribution in [1.29, 1.82) is 0 Å². The van der Waals surface area contributed by atoms with Crippen molar-refractivity contribution in [2.45, 2.75) is 56.9 Å². The molecular formula is C31H42N4O4. The number of piperidine rings is 1. The molecule has 210 valence electrons. The molecule has 8 heteroatoms. The van der Waals surface area contributed by atoms with Crippen LogP contribution in [0.4, 0.5) is 5.69 Å². The lowest BCUT2D eigenvalue weighted by molar-refractivity contribution is 0.00135. The lowest BCUT2D eigenvalue weighted by Crippen LogP contribution is -2.47. The Balaban J connectivity index is 1.27. The van der Waals surface area contributed by atoms with Crippen LogP contribution in [0.1, 0.15) is 49.3 Å². The maximum Gasteiger partial charge on any atom is 0.142 e. The molecule has 3 heterocycles. The minimum atomic E-state index is 0.0725. The number of benzene rings is 2. The summed E-state index contributed by atoms with van der Waals surface area (Å²) in [7, 11) is 3.46. The standard InChI is InChI=1S/C31H42N4O4/c1-23(35-13-11-32-22-35)17-26-19-28(25-6-8-27(37-3)9-7-25)31(20-33-26)39-21-24-5-10-30-29(18-24)34(14-16-38-30)12-4-15-36-2/h5-11,13,18,22-23,26,28,31,33H,4,12,14-17,19-21H2,1-3H3/t23-,26-,28+,31-/m0/s1. The molecule has 1 aromatic heterocycles. The Hall–Kier alpha value is -3.07. The lowest BCUT2D eigenvalue weighted by Gasteiger charge is -2.38. The SMILES string of the molecule is COCCCN1CCOc2ccc(CO[C@H]3CN[C@@H](C[C@H](C)n4ccnc4)C[C@@H]3c3ccc(OC)cc3)cc21. The smallest absolute Gasteiger partial charge is 0.142 e. The lowest BCUT2D eigenvalue weighted by atomic mass is 9.82. The Bertz CT molecular complexity index is 1150. The van der Waals surface area contributed by atoms with Crippen molar-refractivity contribution in [2.24, 2.45) is 0 Å². The van der Waals surface area contributed by atoms with E-state index in [-0.39, 0.29) is 6.10 Å². The summed E-state index contributed by atoms with van der Waals surface area (Å²) in [6.45, 7) is 6.97. The number of fused-ring (bicyclic) bond motifs is 1. The van der Waals surface area contributed by atoms with Crippen LogP contribution in [0, 0.1) is 0 Å². The number of nitrogens with one attached hydrogen (secondary N) is 1. The van der Waals surface area contributed by atoms with E-state index in [1.165, 1.54) is 11.1 Å². The van der Waals surface area contributed by atoms with Gasteiger partial charge in [-0.3, -0.25) is 0 Å². The Morgan fingerprint density at radius 2 is 2.03 bits per heavy atom. The van der Waals surface area contributed by atoms with Gasteiger partial charge in [-0.25, -0.2) is 4.98 Å². The van der Waals surface area contributed by atoms with Crippen LogP contribution in [-0.2, 0) is 16.1 Å². The first-order valence-corrected chi connectivity index (χ1v) is 14.1. The van der Waals surface area contributed by atoms with E-state index >= 15 is 0 Å². The number of rotatable bonds is 12. The summed E-state index contributed by atoms with van der Waals surface area (Å²) < 4.78 is 25.5. The average molecular weight is 535 g/mol. The van der Waals surface area contributed by atoms with Crippen molar-refractivity contribution >= 4 is 5.69 Å². The first-order valence-electron chi connectivity index (χ1n) is 14.1. The van der Waals surface area contributed by atoms with Crippen LogP contribution < -0.4 is 19.7 Å². The molecule has 0 bridgehead atoms. The molecule has 1 saturated heterocycles. The van der Waals surface area contributed by atoms with Gasteiger partial charge in [0.2, 0.25) is 0 Å². The van der Waals surface area contributed by atoms with Gasteiger partial charge >= 0.3 is 0 Å². The zero-order valence-electron chi connectivity index (χ0n) is 23.4. The van der Waals surface area contributed by atoms with E-state index in [1.54, 1.807) is 14.2 Å². The summed E-state index contributed by atoms with van der Waals surface area (Å²) >= 11 is 0. The molecule has 39 heavy (non-hydrogen) atoms. The normalized spacial score (nSPS) is 21.7. The minimum absolute atomic E-state index is 0.0725. The van der Waals surface area contributed by atoms with E-state index in [0.717, 1.165) is 62.7 Å². The van der Waals surface area contributed by atoms with E-state index in [0.29, 0.717) is 31.2 Å². The van der Waals surface area contributed by atoms with E-state index in [1.807, 2.05) is 18.7 Å². The summed E-state index contributed by atoms with van der Waals surface area (Å²) in [4.78, 5) is 6.62. The number of nitrogens with zero attached hydrogens (tertiary/aromatic N) is 3. The highest BCUT2D eigenvalue weighted by Crippen LogP contribution is 2.36. The molecule has 3 aromatic rings. The minimum Gasteiger partial charge on any atom is -0.497 e. The molecule has 8 nitrogen and oxygen atoms in total. The number of hydrogen-bond acceptors (Lipinski definition) is 7. The predicted octanol–water partition coefficient (Wildman–Crippen LogP) is 4.81. The summed E-state index contributed by atoms with van der Waals surface area (Å²) in [6.07, 6.45) is 8.92. The van der Waals surface area contributed by atoms with E-state index in [4.69, 9.17) is 18.9 Å². The average Bonchev–Trinajstić information content (AvgIpc) is 3.52. The van der Waals surface area contributed by atoms with Gasteiger partial charge in [0, 0.05) is 57.2 Å². The van der Waals surface area contributed by atoms with Crippen LogP contribution in [-0.4, -0.2) is 68.8 Å². The Kier molecular flexibility index (Phi) is 9.40. The van der Waals surface area contributed by atoms with Gasteiger partial charge in [0.15, 0.2) is 0 Å². The number of aromatic nitrogens is 2. The first-order chi connectivity index (χ1) is 19.1. The quantitative estimate of drug-likeness (QED) is 0.335. The van der Waals surface area contributed by atoms with Crippen molar-refractivity contribution in [1.82, 2.24) is 14.9 Å². The number of imidazole rings is 1. The highest BCUT2D eigenvalue weighted by molar-refractivity contribution is 5.61. The summed E-state index contributed by atoms with van der Waals surface area (Å²) in [5.41, 5.74) is 3.62. The molecule has 0 spiro atoms. The second-order valence-electron chi connectivity index (χ2n) is 10.6. The molecule has 0 aliphatic carbocycles. The maximum atomic E-state index is 6.65. The van der Waals surface area contributed by atoms with Crippen molar-refractivity contribution in [3.8, 4) is 11.5 Å². The van der Waals surface area contributed by atoms with Crippen LogP contribution in [0.3, 0.4) is 0 Å². The predicted molar refractivity (Wildman–Crippen MR) is 153 cm³/mol. The van der Waals surface area contributed by atoms with Crippen LogP contribution in [0.25, 0.3) is 0 Å². The van der Waals surface area contributed by atoms with Crippen LogP contribution in [0.5, 0.6) is 11.5 Å². The molecule has 2 aliphatic heterocycles. The van der Waals surface area contributed by atoms with E-state index in [2.05, 4.69) is 69.2 Å². The summed E-state index contributed by atoms with van der Waals surface area (Å²) in [6, 6.07) is 15.7. The summed E-state index contributed by atoms with van der Waals surface area (Å²) in [5, 5.41) is 3.78. The van der Waals surface area contributed by atoms with Crippen molar-refractivity contribution in [2.75, 3.05) is 52.0 Å². The fourth-order valence-electron chi connectivity index (χ4n) is 5.83.